The highest BCUT2D eigenvalue weighted by atomic mass is 32.1. The summed E-state index contributed by atoms with van der Waals surface area (Å²) in [5.74, 6) is -3.87. The van der Waals surface area contributed by atoms with Crippen LogP contribution in [0.5, 0.6) is 0 Å². The van der Waals surface area contributed by atoms with Gasteiger partial charge in [0.1, 0.15) is 17.7 Å². The van der Waals surface area contributed by atoms with Crippen LogP contribution in [0.4, 0.5) is 14.5 Å². The molecule has 1 aromatic heterocycles. The second-order valence-corrected chi connectivity index (χ2v) is 5.14. The molecule has 1 unspecified atom stereocenters. The van der Waals surface area contributed by atoms with E-state index in [0.29, 0.717) is 10.9 Å². The van der Waals surface area contributed by atoms with Gasteiger partial charge in [0.05, 0.1) is 11.3 Å². The zero-order chi connectivity index (χ0) is 15.6. The lowest BCUT2D eigenvalue weighted by molar-refractivity contribution is -0.117. The molecule has 0 radical (unpaired) electrons. The summed E-state index contributed by atoms with van der Waals surface area (Å²) in [6.07, 6.45) is 0. The summed E-state index contributed by atoms with van der Waals surface area (Å²) in [5, 5.41) is 3.96. The SMILES string of the molecule is NC(=O)c1cc(NC(=O)C(N)c2cccs2)c(F)cc1F. The molecular formula is C13H11F2N3O2S. The Bertz CT molecular complexity index is 689. The highest BCUT2D eigenvalue weighted by Crippen LogP contribution is 2.22. The summed E-state index contributed by atoms with van der Waals surface area (Å²) < 4.78 is 26.9. The van der Waals surface area contributed by atoms with Crippen LogP contribution in [0, 0.1) is 11.6 Å². The van der Waals surface area contributed by atoms with E-state index < -0.39 is 35.1 Å². The van der Waals surface area contributed by atoms with Crippen molar-refractivity contribution in [1.29, 1.82) is 0 Å². The number of hydrogen-bond acceptors (Lipinski definition) is 4. The van der Waals surface area contributed by atoms with Crippen LogP contribution in [0.2, 0.25) is 0 Å². The number of primary amides is 1. The van der Waals surface area contributed by atoms with Crippen molar-refractivity contribution >= 4 is 28.8 Å². The lowest BCUT2D eigenvalue weighted by Crippen LogP contribution is -2.27. The molecule has 1 aromatic carbocycles. The second kappa shape index (κ2) is 5.98. The zero-order valence-corrected chi connectivity index (χ0v) is 11.4. The first-order valence-corrected chi connectivity index (χ1v) is 6.67. The number of carbonyl (C=O) groups excluding carboxylic acids is 2. The Morgan fingerprint density at radius 3 is 2.52 bits per heavy atom. The number of thiophene rings is 1. The maximum atomic E-state index is 13.6. The molecule has 5 nitrogen and oxygen atoms in total. The van der Waals surface area contributed by atoms with Crippen molar-refractivity contribution in [2.45, 2.75) is 6.04 Å². The van der Waals surface area contributed by atoms with Gasteiger partial charge in [-0.1, -0.05) is 6.07 Å². The van der Waals surface area contributed by atoms with E-state index in [-0.39, 0.29) is 5.69 Å². The molecule has 0 bridgehead atoms. The van der Waals surface area contributed by atoms with Crippen LogP contribution in [0.25, 0.3) is 0 Å². The van der Waals surface area contributed by atoms with E-state index in [1.165, 1.54) is 11.3 Å². The summed E-state index contributed by atoms with van der Waals surface area (Å²) in [6.45, 7) is 0. The molecule has 21 heavy (non-hydrogen) atoms. The normalized spacial score (nSPS) is 12.0. The summed E-state index contributed by atoms with van der Waals surface area (Å²) in [4.78, 5) is 23.5. The fourth-order valence-corrected chi connectivity index (χ4v) is 2.37. The molecule has 0 spiro atoms. The maximum absolute atomic E-state index is 13.6. The highest BCUT2D eigenvalue weighted by molar-refractivity contribution is 7.10. The number of rotatable bonds is 4. The zero-order valence-electron chi connectivity index (χ0n) is 10.6. The molecule has 1 atom stereocenters. The summed E-state index contributed by atoms with van der Waals surface area (Å²) in [6, 6.07) is 3.70. The molecule has 2 amide bonds. The number of nitrogens with two attached hydrogens (primary N) is 2. The molecule has 0 aliphatic heterocycles. The Kier molecular flexibility index (Phi) is 4.29. The van der Waals surface area contributed by atoms with Crippen LogP contribution in [0.15, 0.2) is 29.6 Å². The molecule has 110 valence electrons. The number of nitrogens with one attached hydrogen (secondary N) is 1. The van der Waals surface area contributed by atoms with E-state index in [1.54, 1.807) is 17.5 Å². The maximum Gasteiger partial charge on any atom is 0.251 e. The van der Waals surface area contributed by atoms with Gasteiger partial charge in [0.15, 0.2) is 0 Å². The topological polar surface area (TPSA) is 98.2 Å². The minimum atomic E-state index is -1.10. The van der Waals surface area contributed by atoms with E-state index in [0.717, 1.165) is 6.07 Å². The van der Waals surface area contributed by atoms with Crippen LogP contribution >= 0.6 is 11.3 Å². The third-order valence-electron chi connectivity index (χ3n) is 2.71. The minimum absolute atomic E-state index is 0.359. The lowest BCUT2D eigenvalue weighted by Gasteiger charge is -2.12. The van der Waals surface area contributed by atoms with Gasteiger partial charge in [-0.25, -0.2) is 8.78 Å². The summed E-state index contributed by atoms with van der Waals surface area (Å²) in [5.41, 5.74) is 9.81. The predicted octanol–water partition coefficient (Wildman–Crippen LogP) is 1.76. The Morgan fingerprint density at radius 2 is 1.95 bits per heavy atom. The van der Waals surface area contributed by atoms with Gasteiger partial charge in [0.2, 0.25) is 5.91 Å². The Labute approximate surface area is 122 Å². The number of benzene rings is 1. The molecule has 0 saturated carbocycles. The molecule has 2 rings (SSSR count). The number of halogens is 2. The number of carbonyl (C=O) groups is 2. The molecule has 0 aliphatic carbocycles. The Morgan fingerprint density at radius 1 is 1.24 bits per heavy atom. The first-order valence-electron chi connectivity index (χ1n) is 5.79. The third kappa shape index (κ3) is 3.23. The lowest BCUT2D eigenvalue weighted by atomic mass is 10.1. The highest BCUT2D eigenvalue weighted by Gasteiger charge is 2.20. The van der Waals surface area contributed by atoms with Gasteiger partial charge in [0, 0.05) is 10.9 Å². The Hall–Kier alpha value is -2.32. The van der Waals surface area contributed by atoms with Crippen molar-refractivity contribution in [3.63, 3.8) is 0 Å². The molecule has 0 saturated heterocycles. The fraction of sp³-hybridized carbons (Fsp3) is 0.0769. The second-order valence-electron chi connectivity index (χ2n) is 4.16. The van der Waals surface area contributed by atoms with Crippen molar-refractivity contribution in [2.24, 2.45) is 11.5 Å². The third-order valence-corrected chi connectivity index (χ3v) is 3.67. The van der Waals surface area contributed by atoms with Crippen molar-refractivity contribution in [3.8, 4) is 0 Å². The van der Waals surface area contributed by atoms with Crippen LogP contribution in [0.3, 0.4) is 0 Å². The van der Waals surface area contributed by atoms with Crippen LogP contribution in [-0.2, 0) is 4.79 Å². The van der Waals surface area contributed by atoms with Gasteiger partial charge in [0.25, 0.3) is 5.91 Å². The largest absolute Gasteiger partial charge is 0.366 e. The first-order chi connectivity index (χ1) is 9.90. The quantitative estimate of drug-likeness (QED) is 0.802. The standard InChI is InChI=1S/C13H11F2N3O2S/c14-7-5-8(15)9(4-6(7)12(17)19)18-13(20)11(16)10-2-1-3-21-10/h1-5,11H,16H2,(H2,17,19)(H,18,20). The minimum Gasteiger partial charge on any atom is -0.366 e. The molecule has 5 N–H and O–H groups in total. The van der Waals surface area contributed by atoms with Crippen LogP contribution in [-0.4, -0.2) is 11.8 Å². The van der Waals surface area contributed by atoms with Gasteiger partial charge in [-0.15, -0.1) is 11.3 Å². The van der Waals surface area contributed by atoms with Crippen molar-refractivity contribution in [3.05, 3.63) is 51.7 Å². The van der Waals surface area contributed by atoms with Gasteiger partial charge in [-0.05, 0) is 17.5 Å². The molecule has 8 heteroatoms. The monoisotopic (exact) mass is 311 g/mol. The molecule has 1 heterocycles. The molecule has 0 fully saturated rings. The Balaban J connectivity index is 2.25. The van der Waals surface area contributed by atoms with Crippen LogP contribution in [0.1, 0.15) is 21.3 Å². The molecule has 0 aliphatic rings. The number of hydrogen-bond donors (Lipinski definition) is 3. The van der Waals surface area contributed by atoms with Gasteiger partial charge in [-0.3, -0.25) is 9.59 Å². The van der Waals surface area contributed by atoms with Gasteiger partial charge in [-0.2, -0.15) is 0 Å². The van der Waals surface area contributed by atoms with Gasteiger partial charge >= 0.3 is 0 Å². The van der Waals surface area contributed by atoms with Gasteiger partial charge < -0.3 is 16.8 Å². The van der Waals surface area contributed by atoms with E-state index in [2.05, 4.69) is 5.32 Å². The molecular weight excluding hydrogens is 300 g/mol. The smallest absolute Gasteiger partial charge is 0.251 e. The number of amides is 2. The van der Waals surface area contributed by atoms with Crippen molar-refractivity contribution in [1.82, 2.24) is 0 Å². The van der Waals surface area contributed by atoms with E-state index in [9.17, 15) is 18.4 Å². The summed E-state index contributed by atoms with van der Waals surface area (Å²) in [7, 11) is 0. The average molecular weight is 311 g/mol. The van der Waals surface area contributed by atoms with Crippen molar-refractivity contribution in [2.75, 3.05) is 5.32 Å². The number of anilines is 1. The van der Waals surface area contributed by atoms with E-state index >= 15 is 0 Å². The van der Waals surface area contributed by atoms with Crippen molar-refractivity contribution < 1.29 is 18.4 Å². The van der Waals surface area contributed by atoms with E-state index in [1.807, 2.05) is 0 Å². The summed E-state index contributed by atoms with van der Waals surface area (Å²) >= 11 is 1.27. The fourth-order valence-electron chi connectivity index (χ4n) is 1.64. The predicted molar refractivity (Wildman–Crippen MR) is 74.8 cm³/mol. The van der Waals surface area contributed by atoms with Crippen LogP contribution < -0.4 is 16.8 Å². The molecule has 2 aromatic rings. The average Bonchev–Trinajstić information content (AvgIpc) is 2.94. The first kappa shape index (κ1) is 15.1. The van der Waals surface area contributed by atoms with E-state index in [4.69, 9.17) is 11.5 Å².